The average Bonchev–Trinajstić information content (AvgIpc) is 3.29. The van der Waals surface area contributed by atoms with Gasteiger partial charge >= 0.3 is 5.97 Å². The molecule has 3 heterocycles. The van der Waals surface area contributed by atoms with E-state index in [4.69, 9.17) is 26.4 Å². The topological polar surface area (TPSA) is 74.8 Å². The van der Waals surface area contributed by atoms with Crippen LogP contribution in [0, 0.1) is 0 Å². The molecule has 0 N–H and O–H groups in total. The third-order valence-corrected chi connectivity index (χ3v) is 4.96. The maximum Gasteiger partial charge on any atom is 0.358 e. The van der Waals surface area contributed by atoms with Crippen LogP contribution in [0.2, 0.25) is 5.02 Å². The van der Waals surface area contributed by atoms with Crippen molar-refractivity contribution in [3.8, 4) is 17.1 Å². The highest BCUT2D eigenvalue weighted by atomic mass is 35.5. The number of carbonyl (C=O) groups is 1. The molecule has 0 radical (unpaired) electrons. The van der Waals surface area contributed by atoms with E-state index in [0.717, 1.165) is 41.4 Å². The third kappa shape index (κ3) is 2.34. The minimum absolute atomic E-state index is 0.303. The summed E-state index contributed by atoms with van der Waals surface area (Å²) in [7, 11) is 0. The predicted molar refractivity (Wildman–Crippen MR) is 94.6 cm³/mol. The first-order chi connectivity index (χ1) is 12.7. The lowest BCUT2D eigenvalue weighted by molar-refractivity contribution is 0.0518. The van der Waals surface area contributed by atoms with Crippen LogP contribution >= 0.6 is 11.6 Å². The molecule has 2 aromatic heterocycles. The number of benzene rings is 1. The standard InChI is InChI=1S/C18H16ClN5O2/c1-2-26-18(25)15-14-8-24-17(21-16(22-24)10-3-4-10)12-7-11(19)5-6-13(12)23(14)9-20-15/h5-7,9-10H,2-4,8H2,1H3. The average molecular weight is 370 g/mol. The fourth-order valence-corrected chi connectivity index (χ4v) is 3.50. The van der Waals surface area contributed by atoms with E-state index in [1.165, 1.54) is 0 Å². The lowest BCUT2D eigenvalue weighted by atomic mass is 10.1. The van der Waals surface area contributed by atoms with Crippen LogP contribution in [-0.2, 0) is 11.3 Å². The van der Waals surface area contributed by atoms with E-state index >= 15 is 0 Å². The van der Waals surface area contributed by atoms with Crippen molar-refractivity contribution in [1.82, 2.24) is 24.3 Å². The Bertz CT molecular complexity index is 1030. The smallest absolute Gasteiger partial charge is 0.358 e. The van der Waals surface area contributed by atoms with Gasteiger partial charge in [-0.15, -0.1) is 0 Å². The molecule has 26 heavy (non-hydrogen) atoms. The normalized spacial score (nSPS) is 15.0. The Morgan fingerprint density at radius 3 is 3.00 bits per heavy atom. The first-order valence-corrected chi connectivity index (χ1v) is 9.02. The highest BCUT2D eigenvalue weighted by molar-refractivity contribution is 6.31. The van der Waals surface area contributed by atoms with E-state index in [9.17, 15) is 4.79 Å². The van der Waals surface area contributed by atoms with Crippen LogP contribution in [0.4, 0.5) is 0 Å². The second kappa shape index (κ2) is 5.67. The van der Waals surface area contributed by atoms with Crippen molar-refractivity contribution in [2.45, 2.75) is 32.2 Å². The summed E-state index contributed by atoms with van der Waals surface area (Å²) in [6.07, 6.45) is 3.89. The van der Waals surface area contributed by atoms with E-state index in [0.29, 0.717) is 29.8 Å². The number of nitrogens with zero attached hydrogens (tertiary/aromatic N) is 5. The molecule has 5 rings (SSSR count). The number of hydrogen-bond donors (Lipinski definition) is 0. The second-order valence-electron chi connectivity index (χ2n) is 6.52. The SMILES string of the molecule is CCOC(=O)c1ncn2c1Cn1nc(C3CC3)nc1-c1cc(Cl)ccc1-2. The predicted octanol–water partition coefficient (Wildman–Crippen LogP) is 3.20. The van der Waals surface area contributed by atoms with Gasteiger partial charge in [-0.25, -0.2) is 19.4 Å². The summed E-state index contributed by atoms with van der Waals surface area (Å²) < 4.78 is 8.89. The zero-order chi connectivity index (χ0) is 17.8. The Labute approximate surface area is 154 Å². The minimum Gasteiger partial charge on any atom is -0.461 e. The maximum atomic E-state index is 12.3. The Balaban J connectivity index is 1.73. The molecule has 1 aliphatic heterocycles. The van der Waals surface area contributed by atoms with Crippen molar-refractivity contribution in [3.05, 3.63) is 46.8 Å². The molecule has 1 saturated carbocycles. The van der Waals surface area contributed by atoms with Crippen LogP contribution in [0.25, 0.3) is 17.1 Å². The molecule has 0 spiro atoms. The summed E-state index contributed by atoms with van der Waals surface area (Å²) in [5.74, 6) is 1.63. The van der Waals surface area contributed by atoms with E-state index in [1.807, 2.05) is 27.4 Å². The molecule has 3 aromatic rings. The Morgan fingerprint density at radius 2 is 2.23 bits per heavy atom. The molecule has 8 heteroatoms. The van der Waals surface area contributed by atoms with Crippen LogP contribution in [0.1, 0.15) is 47.7 Å². The summed E-state index contributed by atoms with van der Waals surface area (Å²) in [6, 6.07) is 5.62. The van der Waals surface area contributed by atoms with Gasteiger partial charge in [0.2, 0.25) is 0 Å². The van der Waals surface area contributed by atoms with Crippen molar-refractivity contribution in [2.24, 2.45) is 0 Å². The molecule has 0 amide bonds. The maximum absolute atomic E-state index is 12.3. The first-order valence-electron chi connectivity index (χ1n) is 8.64. The third-order valence-electron chi connectivity index (χ3n) is 4.72. The van der Waals surface area contributed by atoms with Gasteiger partial charge in [0.1, 0.15) is 6.33 Å². The number of rotatable bonds is 3. The zero-order valence-electron chi connectivity index (χ0n) is 14.1. The largest absolute Gasteiger partial charge is 0.461 e. The van der Waals surface area contributed by atoms with Gasteiger partial charge in [0.05, 0.1) is 24.5 Å². The summed E-state index contributed by atoms with van der Waals surface area (Å²) in [5.41, 5.74) is 2.80. The summed E-state index contributed by atoms with van der Waals surface area (Å²) >= 11 is 6.25. The van der Waals surface area contributed by atoms with Crippen LogP contribution < -0.4 is 0 Å². The van der Waals surface area contributed by atoms with Gasteiger partial charge < -0.3 is 4.74 Å². The lowest BCUT2D eigenvalue weighted by Gasteiger charge is -2.09. The molecule has 1 fully saturated rings. The van der Waals surface area contributed by atoms with Crippen LogP contribution in [0.15, 0.2) is 24.5 Å². The van der Waals surface area contributed by atoms with Crippen LogP contribution in [-0.4, -0.2) is 36.9 Å². The van der Waals surface area contributed by atoms with Gasteiger partial charge in [-0.2, -0.15) is 5.10 Å². The number of aromatic nitrogens is 5. The van der Waals surface area contributed by atoms with Crippen molar-refractivity contribution in [3.63, 3.8) is 0 Å². The Morgan fingerprint density at radius 1 is 1.38 bits per heavy atom. The van der Waals surface area contributed by atoms with Crippen molar-refractivity contribution < 1.29 is 9.53 Å². The zero-order valence-corrected chi connectivity index (χ0v) is 14.9. The summed E-state index contributed by atoms with van der Waals surface area (Å²) in [4.78, 5) is 21.4. The fraction of sp³-hybridized carbons (Fsp3) is 0.333. The first kappa shape index (κ1) is 15.6. The molecule has 2 aliphatic rings. The number of ether oxygens (including phenoxy) is 1. The number of esters is 1. The van der Waals surface area contributed by atoms with Gasteiger partial charge in [-0.3, -0.25) is 4.57 Å². The molecule has 0 atom stereocenters. The molecule has 0 bridgehead atoms. The van der Waals surface area contributed by atoms with Gasteiger partial charge in [0.25, 0.3) is 0 Å². The Kier molecular flexibility index (Phi) is 3.40. The molecule has 132 valence electrons. The quantitative estimate of drug-likeness (QED) is 0.518. The number of fused-ring (bicyclic) bond motifs is 5. The molecule has 0 saturated heterocycles. The molecule has 0 unspecified atom stereocenters. The van der Waals surface area contributed by atoms with E-state index in [1.54, 1.807) is 13.3 Å². The van der Waals surface area contributed by atoms with E-state index in [-0.39, 0.29) is 0 Å². The lowest BCUT2D eigenvalue weighted by Crippen LogP contribution is -2.13. The highest BCUT2D eigenvalue weighted by Crippen LogP contribution is 2.40. The Hall–Kier alpha value is -2.67. The van der Waals surface area contributed by atoms with E-state index in [2.05, 4.69) is 4.98 Å². The second-order valence-corrected chi connectivity index (χ2v) is 6.95. The number of hydrogen-bond acceptors (Lipinski definition) is 5. The van der Waals surface area contributed by atoms with Gasteiger partial charge in [0, 0.05) is 16.5 Å². The summed E-state index contributed by atoms with van der Waals surface area (Å²) in [5, 5.41) is 5.32. The molecule has 1 aromatic carbocycles. The van der Waals surface area contributed by atoms with Crippen molar-refractivity contribution in [2.75, 3.05) is 6.61 Å². The minimum atomic E-state index is -0.428. The van der Waals surface area contributed by atoms with E-state index < -0.39 is 5.97 Å². The molecular weight excluding hydrogens is 354 g/mol. The molecule has 7 nitrogen and oxygen atoms in total. The van der Waals surface area contributed by atoms with Crippen molar-refractivity contribution >= 4 is 17.6 Å². The molecular formula is C18H16ClN5O2. The fourth-order valence-electron chi connectivity index (χ4n) is 3.33. The van der Waals surface area contributed by atoms with Gasteiger partial charge in [-0.05, 0) is 38.0 Å². The van der Waals surface area contributed by atoms with Gasteiger partial charge in [-0.1, -0.05) is 11.6 Å². The van der Waals surface area contributed by atoms with Crippen LogP contribution in [0.3, 0.4) is 0 Å². The van der Waals surface area contributed by atoms with Gasteiger partial charge in [0.15, 0.2) is 17.3 Å². The molecule has 1 aliphatic carbocycles. The number of imidazole rings is 1. The highest BCUT2D eigenvalue weighted by Gasteiger charge is 2.32. The summed E-state index contributed by atoms with van der Waals surface area (Å²) in [6.45, 7) is 2.48. The van der Waals surface area contributed by atoms with Crippen LogP contribution in [0.5, 0.6) is 0 Å². The number of carbonyl (C=O) groups excluding carboxylic acids is 1. The monoisotopic (exact) mass is 369 g/mol. The number of halogens is 1. The van der Waals surface area contributed by atoms with Crippen molar-refractivity contribution in [1.29, 1.82) is 0 Å².